The number of carbonyl (C=O) groups is 1. The van der Waals surface area contributed by atoms with Gasteiger partial charge in [-0.1, -0.05) is 31.6 Å². The molecule has 0 aromatic heterocycles. The lowest BCUT2D eigenvalue weighted by atomic mass is 9.46. The maximum Gasteiger partial charge on any atom is 0.190 e. The Morgan fingerprint density at radius 3 is 2.60 bits per heavy atom. The minimum absolute atomic E-state index is 0.244. The van der Waals surface area contributed by atoms with Crippen LogP contribution >= 0.6 is 12.2 Å². The quantitative estimate of drug-likeness (QED) is 0.737. The molecule has 25 heavy (non-hydrogen) atoms. The van der Waals surface area contributed by atoms with Gasteiger partial charge in [0.05, 0.1) is 0 Å². The predicted octanol–water partition coefficient (Wildman–Crippen LogP) is 3.61. The number of aliphatic hydroxyl groups excluding tert-OH is 1. The van der Waals surface area contributed by atoms with Crippen LogP contribution in [0.1, 0.15) is 65.2 Å². The van der Waals surface area contributed by atoms with Crippen LogP contribution in [0.2, 0.25) is 0 Å². The van der Waals surface area contributed by atoms with Gasteiger partial charge in [0.2, 0.25) is 0 Å². The van der Waals surface area contributed by atoms with Gasteiger partial charge < -0.3 is 10.2 Å². The molecule has 4 aliphatic rings. The summed E-state index contributed by atoms with van der Waals surface area (Å²) in [6.45, 7) is 3.99. The number of thiocarbonyl (C=S) groups is 1. The van der Waals surface area contributed by atoms with Crippen molar-refractivity contribution in [3.8, 4) is 0 Å². The molecule has 0 aliphatic heterocycles. The standard InChI is InChI=1S/C21H30O3S/c1-19-8-5-14(25)11-13(19)3-4-15-16(19)6-9-20(2)17(15)7-10-21(20,24)18(23)12-22/h11,15-17,22,24H,3-10,12H2,1-2H3/t15-,16+,17+,19+,20+,21+/m1/s1. The SMILES string of the molecule is C[C@]12CCC(=S)C=C1CC[C@@H]1[C@@H]2CC[C@@]2(C)[C@H]1CC[C@]2(O)C(=O)CO. The second-order valence-corrected chi connectivity index (χ2v) is 9.93. The molecule has 0 spiro atoms. The first-order valence-corrected chi connectivity index (χ1v) is 10.3. The molecular formula is C21H30O3S. The fourth-order valence-electron chi connectivity index (χ4n) is 7.16. The van der Waals surface area contributed by atoms with Gasteiger partial charge in [-0.05, 0) is 80.6 Å². The Bertz CT molecular complexity index is 656. The molecule has 0 bridgehead atoms. The summed E-state index contributed by atoms with van der Waals surface area (Å²) < 4.78 is 0. The molecule has 0 heterocycles. The van der Waals surface area contributed by atoms with E-state index < -0.39 is 12.2 Å². The van der Waals surface area contributed by atoms with E-state index in [4.69, 9.17) is 12.2 Å². The van der Waals surface area contributed by atoms with E-state index in [1.54, 1.807) is 5.57 Å². The second kappa shape index (κ2) is 5.71. The summed E-state index contributed by atoms with van der Waals surface area (Å²) in [5.41, 5.74) is 0.0834. The van der Waals surface area contributed by atoms with Crippen molar-refractivity contribution in [2.45, 2.75) is 70.8 Å². The number of hydrogen-bond acceptors (Lipinski definition) is 4. The van der Waals surface area contributed by atoms with Gasteiger partial charge in [0.25, 0.3) is 0 Å². The lowest BCUT2D eigenvalue weighted by molar-refractivity contribution is -0.164. The normalized spacial score (nSPS) is 49.0. The van der Waals surface area contributed by atoms with Crippen molar-refractivity contribution in [2.75, 3.05) is 6.61 Å². The zero-order chi connectivity index (χ0) is 18.0. The van der Waals surface area contributed by atoms with Gasteiger partial charge in [-0.2, -0.15) is 0 Å². The van der Waals surface area contributed by atoms with E-state index in [1.807, 2.05) is 0 Å². The van der Waals surface area contributed by atoms with Crippen LogP contribution in [0.25, 0.3) is 0 Å². The molecule has 0 amide bonds. The van der Waals surface area contributed by atoms with Crippen molar-refractivity contribution in [1.29, 1.82) is 0 Å². The minimum Gasteiger partial charge on any atom is -0.388 e. The summed E-state index contributed by atoms with van der Waals surface area (Å²) in [5, 5.41) is 20.6. The Kier molecular flexibility index (Phi) is 4.07. The van der Waals surface area contributed by atoms with Crippen LogP contribution in [0.5, 0.6) is 0 Å². The molecule has 0 unspecified atom stereocenters. The lowest BCUT2D eigenvalue weighted by Gasteiger charge is -2.59. The Morgan fingerprint density at radius 2 is 1.88 bits per heavy atom. The van der Waals surface area contributed by atoms with Gasteiger partial charge in [0, 0.05) is 10.3 Å². The summed E-state index contributed by atoms with van der Waals surface area (Å²) in [7, 11) is 0. The zero-order valence-electron chi connectivity index (χ0n) is 15.4. The first kappa shape index (κ1) is 17.8. The molecule has 6 atom stereocenters. The third-order valence-corrected chi connectivity index (χ3v) is 9.04. The number of carbonyl (C=O) groups excluding carboxylic acids is 1. The Hall–Kier alpha value is -0.580. The predicted molar refractivity (Wildman–Crippen MR) is 101 cm³/mol. The molecule has 4 rings (SSSR count). The Balaban J connectivity index is 1.68. The van der Waals surface area contributed by atoms with E-state index in [0.29, 0.717) is 24.2 Å². The topological polar surface area (TPSA) is 57.5 Å². The first-order chi connectivity index (χ1) is 11.8. The van der Waals surface area contributed by atoms with Crippen molar-refractivity contribution in [3.63, 3.8) is 0 Å². The third-order valence-electron chi connectivity index (χ3n) is 8.72. The van der Waals surface area contributed by atoms with Crippen molar-refractivity contribution < 1.29 is 15.0 Å². The van der Waals surface area contributed by atoms with Crippen LogP contribution in [0.15, 0.2) is 11.6 Å². The van der Waals surface area contributed by atoms with Crippen LogP contribution < -0.4 is 0 Å². The number of fused-ring (bicyclic) bond motifs is 5. The number of hydrogen-bond donors (Lipinski definition) is 2. The minimum atomic E-state index is -1.33. The van der Waals surface area contributed by atoms with Gasteiger partial charge in [-0.25, -0.2) is 0 Å². The molecule has 4 aliphatic carbocycles. The van der Waals surface area contributed by atoms with Gasteiger partial charge in [0.15, 0.2) is 5.78 Å². The molecular weight excluding hydrogens is 332 g/mol. The Morgan fingerprint density at radius 1 is 1.16 bits per heavy atom. The molecule has 3 saturated carbocycles. The summed E-state index contributed by atoms with van der Waals surface area (Å²) in [5.74, 6) is 1.23. The molecule has 3 fully saturated rings. The van der Waals surface area contributed by atoms with Crippen molar-refractivity contribution >= 4 is 22.9 Å². The molecule has 4 heteroatoms. The summed E-state index contributed by atoms with van der Waals surface area (Å²) in [6, 6.07) is 0. The molecule has 0 aromatic rings. The average molecular weight is 363 g/mol. The van der Waals surface area contributed by atoms with Crippen LogP contribution in [0.3, 0.4) is 0 Å². The smallest absolute Gasteiger partial charge is 0.190 e. The van der Waals surface area contributed by atoms with Crippen LogP contribution in [0, 0.1) is 28.6 Å². The monoisotopic (exact) mass is 362 g/mol. The first-order valence-electron chi connectivity index (χ1n) is 9.87. The van der Waals surface area contributed by atoms with E-state index >= 15 is 0 Å². The van der Waals surface area contributed by atoms with Crippen molar-refractivity contribution in [2.24, 2.45) is 28.6 Å². The lowest BCUT2D eigenvalue weighted by Crippen LogP contribution is -2.58. The van der Waals surface area contributed by atoms with Crippen LogP contribution in [-0.4, -0.2) is 33.1 Å². The summed E-state index contributed by atoms with van der Waals surface area (Å²) >= 11 is 5.46. The number of rotatable bonds is 2. The van der Waals surface area contributed by atoms with Gasteiger partial charge in [0.1, 0.15) is 12.2 Å². The summed E-state index contributed by atoms with van der Waals surface area (Å²) in [4.78, 5) is 13.5. The van der Waals surface area contributed by atoms with E-state index in [9.17, 15) is 15.0 Å². The fourth-order valence-corrected chi connectivity index (χ4v) is 7.41. The molecule has 2 N–H and O–H groups in total. The third kappa shape index (κ3) is 2.23. The highest BCUT2D eigenvalue weighted by Gasteiger charge is 2.65. The molecule has 3 nitrogen and oxygen atoms in total. The highest BCUT2D eigenvalue weighted by atomic mass is 32.1. The number of ketones is 1. The summed E-state index contributed by atoms with van der Waals surface area (Å²) in [6.07, 6.45) is 10.1. The largest absolute Gasteiger partial charge is 0.388 e. The molecule has 0 aromatic carbocycles. The number of allylic oxidation sites excluding steroid dienone is 2. The highest BCUT2D eigenvalue weighted by molar-refractivity contribution is 7.80. The Labute approximate surface area is 155 Å². The number of Topliss-reactive ketones (excluding diaryl/α,β-unsaturated/α-hetero) is 1. The van der Waals surface area contributed by atoms with Crippen molar-refractivity contribution in [3.05, 3.63) is 11.6 Å². The van der Waals surface area contributed by atoms with Gasteiger partial charge in [-0.3, -0.25) is 4.79 Å². The highest BCUT2D eigenvalue weighted by Crippen LogP contribution is 2.67. The van der Waals surface area contributed by atoms with Crippen molar-refractivity contribution in [1.82, 2.24) is 0 Å². The molecule has 138 valence electrons. The molecule has 0 saturated heterocycles. The molecule has 0 radical (unpaired) electrons. The van der Waals surface area contributed by atoms with E-state index in [0.717, 1.165) is 49.8 Å². The van der Waals surface area contributed by atoms with Gasteiger partial charge >= 0.3 is 0 Å². The van der Waals surface area contributed by atoms with Crippen LogP contribution in [-0.2, 0) is 4.79 Å². The second-order valence-electron chi connectivity index (χ2n) is 9.41. The van der Waals surface area contributed by atoms with E-state index in [1.165, 1.54) is 0 Å². The van der Waals surface area contributed by atoms with Gasteiger partial charge in [-0.15, -0.1) is 0 Å². The van der Waals surface area contributed by atoms with E-state index in [-0.39, 0.29) is 16.6 Å². The van der Waals surface area contributed by atoms with Crippen LogP contribution in [0.4, 0.5) is 0 Å². The number of aliphatic hydroxyl groups is 2. The van der Waals surface area contributed by atoms with E-state index in [2.05, 4.69) is 19.9 Å². The average Bonchev–Trinajstić information content (AvgIpc) is 2.87. The zero-order valence-corrected chi connectivity index (χ0v) is 16.2. The maximum absolute atomic E-state index is 12.4. The maximum atomic E-state index is 12.4. The fraction of sp³-hybridized carbons (Fsp3) is 0.810.